The average molecular weight is 459 g/mol. The van der Waals surface area contributed by atoms with Gasteiger partial charge in [0, 0.05) is 10.6 Å². The summed E-state index contributed by atoms with van der Waals surface area (Å²) in [6.45, 7) is 6.15. The van der Waals surface area contributed by atoms with Gasteiger partial charge in [-0.05, 0) is 47.4 Å². The average Bonchev–Trinajstić information content (AvgIpc) is 3.14. The number of ether oxygens (including phenoxy) is 1. The van der Waals surface area contributed by atoms with E-state index in [2.05, 4.69) is 36.8 Å². The molecule has 1 N–H and O–H groups in total. The van der Waals surface area contributed by atoms with Crippen molar-refractivity contribution in [3.63, 3.8) is 0 Å². The molecule has 0 spiro atoms. The molecule has 0 amide bonds. The van der Waals surface area contributed by atoms with Crippen molar-refractivity contribution in [2.45, 2.75) is 39.0 Å². The molecule has 0 aliphatic heterocycles. The summed E-state index contributed by atoms with van der Waals surface area (Å²) in [7, 11) is 0. The minimum absolute atomic E-state index is 0.0140. The molecule has 32 heavy (non-hydrogen) atoms. The van der Waals surface area contributed by atoms with Crippen molar-refractivity contribution < 1.29 is 17.9 Å². The topological polar surface area (TPSA) is 37.9 Å². The summed E-state index contributed by atoms with van der Waals surface area (Å²) in [5, 5.41) is 0.416. The Balaban J connectivity index is 1.69. The summed E-state index contributed by atoms with van der Waals surface area (Å²) < 4.78 is 45.8. The van der Waals surface area contributed by atoms with Crippen LogP contribution in [0.4, 0.5) is 13.2 Å². The predicted octanol–water partition coefficient (Wildman–Crippen LogP) is 7.78. The normalized spacial score (nSPS) is 12.3. The van der Waals surface area contributed by atoms with Crippen LogP contribution in [0.25, 0.3) is 22.4 Å². The molecule has 4 rings (SSSR count). The first-order valence-corrected chi connectivity index (χ1v) is 10.5. The highest BCUT2D eigenvalue weighted by Gasteiger charge is 2.33. The van der Waals surface area contributed by atoms with Crippen LogP contribution in [0, 0.1) is 0 Å². The highest BCUT2D eigenvalue weighted by atomic mass is 35.5. The number of hydrogen-bond donors (Lipinski definition) is 1. The van der Waals surface area contributed by atoms with E-state index in [4.69, 9.17) is 16.3 Å². The van der Waals surface area contributed by atoms with E-state index < -0.39 is 11.7 Å². The fourth-order valence-electron chi connectivity index (χ4n) is 3.49. The fraction of sp³-hybridized carbons (Fsp3) is 0.240. The summed E-state index contributed by atoms with van der Waals surface area (Å²) in [5.41, 5.74) is 2.75. The molecule has 1 aromatic heterocycles. The molecule has 0 saturated carbocycles. The fourth-order valence-corrected chi connectivity index (χ4v) is 3.66. The maximum absolute atomic E-state index is 13.3. The van der Waals surface area contributed by atoms with Crippen molar-refractivity contribution in [1.29, 1.82) is 0 Å². The molecular formula is C25H22ClF3N2O. The number of aromatic amines is 1. The van der Waals surface area contributed by atoms with Crippen molar-refractivity contribution in [2.75, 3.05) is 0 Å². The van der Waals surface area contributed by atoms with E-state index in [1.807, 2.05) is 12.1 Å². The number of rotatable bonds is 4. The van der Waals surface area contributed by atoms with Crippen LogP contribution in [0.3, 0.4) is 0 Å². The highest BCUT2D eigenvalue weighted by Crippen LogP contribution is 2.36. The van der Waals surface area contributed by atoms with Crippen LogP contribution >= 0.6 is 11.6 Å². The Kier molecular flexibility index (Phi) is 5.67. The van der Waals surface area contributed by atoms with Crippen LogP contribution in [0.1, 0.15) is 37.5 Å². The third-order valence-electron chi connectivity index (χ3n) is 5.25. The van der Waals surface area contributed by atoms with E-state index in [1.54, 1.807) is 24.3 Å². The van der Waals surface area contributed by atoms with E-state index in [1.165, 1.54) is 12.1 Å². The number of aromatic nitrogens is 2. The number of nitrogens with zero attached hydrogens (tertiary/aromatic N) is 1. The number of benzene rings is 3. The van der Waals surface area contributed by atoms with Gasteiger partial charge in [0.25, 0.3) is 0 Å². The predicted molar refractivity (Wildman–Crippen MR) is 121 cm³/mol. The van der Waals surface area contributed by atoms with Gasteiger partial charge < -0.3 is 9.72 Å². The Hall–Kier alpha value is -2.99. The first-order chi connectivity index (χ1) is 15.0. The Labute approximate surface area is 189 Å². The second-order valence-electron chi connectivity index (χ2n) is 8.65. The van der Waals surface area contributed by atoms with E-state index >= 15 is 0 Å². The standard InChI is InChI=1S/C25H22ClF3N2O/c1-24(2,3)16-8-11-20-21(12-16)31-23(30-20)18-10-9-17(26)13-22(18)32-14-15-6-4-5-7-19(15)25(27,28)29/h4-13H,14H2,1-3H3,(H,30,31). The number of alkyl halides is 3. The molecule has 0 fully saturated rings. The molecule has 0 aliphatic rings. The second kappa shape index (κ2) is 8.17. The maximum Gasteiger partial charge on any atom is 0.416 e. The third-order valence-corrected chi connectivity index (χ3v) is 5.49. The highest BCUT2D eigenvalue weighted by molar-refractivity contribution is 6.30. The summed E-state index contributed by atoms with van der Waals surface area (Å²) >= 11 is 6.15. The minimum atomic E-state index is -4.46. The summed E-state index contributed by atoms with van der Waals surface area (Å²) in [6, 6.07) is 16.4. The SMILES string of the molecule is CC(C)(C)c1ccc2nc(-c3ccc(Cl)cc3OCc3ccccc3C(F)(F)F)[nH]c2c1. The van der Waals surface area contributed by atoms with Crippen LogP contribution in [-0.4, -0.2) is 9.97 Å². The molecule has 0 atom stereocenters. The molecule has 0 saturated heterocycles. The Morgan fingerprint density at radius 3 is 2.44 bits per heavy atom. The molecular weight excluding hydrogens is 437 g/mol. The molecule has 3 nitrogen and oxygen atoms in total. The third kappa shape index (κ3) is 4.60. The van der Waals surface area contributed by atoms with Crippen molar-refractivity contribution in [2.24, 2.45) is 0 Å². The van der Waals surface area contributed by atoms with Crippen LogP contribution in [0.5, 0.6) is 5.75 Å². The Morgan fingerprint density at radius 1 is 0.969 bits per heavy atom. The summed E-state index contributed by atoms with van der Waals surface area (Å²) in [5.74, 6) is 0.909. The second-order valence-corrected chi connectivity index (χ2v) is 9.09. The summed E-state index contributed by atoms with van der Waals surface area (Å²) in [4.78, 5) is 7.95. The zero-order valence-electron chi connectivity index (χ0n) is 17.8. The zero-order chi connectivity index (χ0) is 23.1. The number of H-pyrrole nitrogens is 1. The number of imidazole rings is 1. The van der Waals surface area contributed by atoms with Gasteiger partial charge in [-0.3, -0.25) is 0 Å². The Morgan fingerprint density at radius 2 is 1.72 bits per heavy atom. The van der Waals surface area contributed by atoms with Gasteiger partial charge in [-0.1, -0.05) is 56.6 Å². The van der Waals surface area contributed by atoms with Gasteiger partial charge in [0.15, 0.2) is 0 Å². The molecule has 0 aliphatic carbocycles. The monoisotopic (exact) mass is 458 g/mol. The van der Waals surface area contributed by atoms with Crippen molar-refractivity contribution in [3.8, 4) is 17.1 Å². The van der Waals surface area contributed by atoms with Crippen molar-refractivity contribution >= 4 is 22.6 Å². The lowest BCUT2D eigenvalue weighted by Gasteiger charge is -2.18. The summed E-state index contributed by atoms with van der Waals surface area (Å²) in [6.07, 6.45) is -4.46. The first-order valence-electron chi connectivity index (χ1n) is 10.1. The van der Waals surface area contributed by atoms with Gasteiger partial charge in [-0.2, -0.15) is 13.2 Å². The number of hydrogen-bond acceptors (Lipinski definition) is 2. The minimum Gasteiger partial charge on any atom is -0.488 e. The van der Waals surface area contributed by atoms with Gasteiger partial charge in [0.2, 0.25) is 0 Å². The molecule has 0 unspecified atom stereocenters. The lowest BCUT2D eigenvalue weighted by atomic mass is 9.87. The molecule has 4 aromatic rings. The van der Waals surface area contributed by atoms with Gasteiger partial charge >= 0.3 is 6.18 Å². The van der Waals surface area contributed by atoms with E-state index in [9.17, 15) is 13.2 Å². The zero-order valence-corrected chi connectivity index (χ0v) is 18.6. The molecule has 166 valence electrons. The number of fused-ring (bicyclic) bond motifs is 1. The van der Waals surface area contributed by atoms with Crippen LogP contribution in [0.15, 0.2) is 60.7 Å². The van der Waals surface area contributed by atoms with E-state index in [0.717, 1.165) is 22.7 Å². The van der Waals surface area contributed by atoms with Gasteiger partial charge in [-0.25, -0.2) is 4.98 Å². The van der Waals surface area contributed by atoms with E-state index in [0.29, 0.717) is 22.2 Å². The van der Waals surface area contributed by atoms with Crippen molar-refractivity contribution in [3.05, 3.63) is 82.4 Å². The van der Waals surface area contributed by atoms with Crippen LogP contribution in [0.2, 0.25) is 5.02 Å². The number of nitrogens with one attached hydrogen (secondary N) is 1. The van der Waals surface area contributed by atoms with Crippen LogP contribution in [-0.2, 0) is 18.2 Å². The molecule has 7 heteroatoms. The Bertz CT molecular complexity index is 1270. The van der Waals surface area contributed by atoms with Gasteiger partial charge in [0.1, 0.15) is 18.2 Å². The lowest BCUT2D eigenvalue weighted by molar-refractivity contribution is -0.138. The van der Waals surface area contributed by atoms with Crippen LogP contribution < -0.4 is 4.74 Å². The lowest BCUT2D eigenvalue weighted by Crippen LogP contribution is -2.11. The number of halogens is 4. The first kappa shape index (κ1) is 22.2. The molecule has 1 heterocycles. The molecule has 3 aromatic carbocycles. The van der Waals surface area contributed by atoms with Gasteiger partial charge in [-0.15, -0.1) is 0 Å². The quantitative estimate of drug-likeness (QED) is 0.339. The largest absolute Gasteiger partial charge is 0.488 e. The van der Waals surface area contributed by atoms with Crippen molar-refractivity contribution in [1.82, 2.24) is 9.97 Å². The van der Waals surface area contributed by atoms with Gasteiger partial charge in [0.05, 0.1) is 22.2 Å². The van der Waals surface area contributed by atoms with E-state index in [-0.39, 0.29) is 17.6 Å². The maximum atomic E-state index is 13.3. The smallest absolute Gasteiger partial charge is 0.416 e. The molecule has 0 bridgehead atoms. The molecule has 0 radical (unpaired) electrons.